The summed E-state index contributed by atoms with van der Waals surface area (Å²) in [6.45, 7) is 3.81. The molecule has 2 heterocycles. The van der Waals surface area contributed by atoms with Crippen molar-refractivity contribution in [3.63, 3.8) is 0 Å². The SMILES string of the molecule is CC[C@]1(c2cncc(C(=O)NCC#N)n2)CCCc2cc(-c3c(C)cccc3F)nnc21. The smallest absolute Gasteiger partial charge is 0.272 e. The third kappa shape index (κ3) is 3.71. The molecule has 0 aliphatic heterocycles. The van der Waals surface area contributed by atoms with E-state index in [1.54, 1.807) is 12.3 Å². The first-order chi connectivity index (χ1) is 15.5. The van der Waals surface area contributed by atoms with Crippen LogP contribution in [0.2, 0.25) is 0 Å². The van der Waals surface area contributed by atoms with Crippen molar-refractivity contribution in [3.05, 3.63) is 70.7 Å². The Morgan fingerprint density at radius 2 is 2.16 bits per heavy atom. The molecule has 0 spiro atoms. The fourth-order valence-corrected chi connectivity index (χ4v) is 4.49. The number of hydrogen-bond donors (Lipinski definition) is 1. The van der Waals surface area contributed by atoms with Crippen molar-refractivity contribution in [3.8, 4) is 17.3 Å². The fourth-order valence-electron chi connectivity index (χ4n) is 4.49. The Morgan fingerprint density at radius 1 is 1.31 bits per heavy atom. The lowest BCUT2D eigenvalue weighted by Gasteiger charge is -2.36. The highest BCUT2D eigenvalue weighted by Crippen LogP contribution is 2.43. The number of aryl methyl sites for hydroxylation is 2. The normalized spacial score (nSPS) is 17.3. The number of amides is 1. The molecule has 2 aromatic heterocycles. The Labute approximate surface area is 185 Å². The number of carbonyl (C=O) groups excluding carboxylic acids is 1. The van der Waals surface area contributed by atoms with Gasteiger partial charge in [-0.05, 0) is 55.9 Å². The monoisotopic (exact) mass is 430 g/mol. The number of nitrogens with zero attached hydrogens (tertiary/aromatic N) is 5. The highest BCUT2D eigenvalue weighted by Gasteiger charge is 2.41. The lowest BCUT2D eigenvalue weighted by Crippen LogP contribution is -2.35. The van der Waals surface area contributed by atoms with Crippen LogP contribution < -0.4 is 5.32 Å². The Morgan fingerprint density at radius 3 is 2.91 bits per heavy atom. The summed E-state index contributed by atoms with van der Waals surface area (Å²) >= 11 is 0. The number of rotatable bonds is 5. The molecular formula is C24H23FN6O. The van der Waals surface area contributed by atoms with Crippen LogP contribution in [0.5, 0.6) is 0 Å². The van der Waals surface area contributed by atoms with Gasteiger partial charge >= 0.3 is 0 Å². The number of nitriles is 1. The number of hydrogen-bond acceptors (Lipinski definition) is 6. The number of carbonyl (C=O) groups is 1. The van der Waals surface area contributed by atoms with Gasteiger partial charge in [0, 0.05) is 11.8 Å². The van der Waals surface area contributed by atoms with E-state index in [0.717, 1.165) is 36.1 Å². The molecule has 0 fully saturated rings. The predicted octanol–water partition coefficient (Wildman–Crippen LogP) is 3.67. The largest absolute Gasteiger partial charge is 0.338 e. The molecule has 162 valence electrons. The molecule has 0 saturated heterocycles. The Bertz CT molecular complexity index is 1200. The van der Waals surface area contributed by atoms with Crippen molar-refractivity contribution in [2.75, 3.05) is 6.54 Å². The van der Waals surface area contributed by atoms with E-state index in [9.17, 15) is 9.18 Å². The summed E-state index contributed by atoms with van der Waals surface area (Å²) in [5.41, 5.74) is 3.85. The van der Waals surface area contributed by atoms with Crippen LogP contribution in [0.4, 0.5) is 4.39 Å². The van der Waals surface area contributed by atoms with E-state index < -0.39 is 11.3 Å². The van der Waals surface area contributed by atoms with Gasteiger partial charge in [0.15, 0.2) is 0 Å². The lowest BCUT2D eigenvalue weighted by molar-refractivity contribution is 0.0952. The van der Waals surface area contributed by atoms with Crippen molar-refractivity contribution in [1.82, 2.24) is 25.5 Å². The summed E-state index contributed by atoms with van der Waals surface area (Å²) in [6, 6.07) is 8.77. The molecule has 0 unspecified atom stereocenters. The van der Waals surface area contributed by atoms with Gasteiger partial charge in [-0.25, -0.2) is 9.37 Å². The molecule has 0 saturated carbocycles. The first-order valence-electron chi connectivity index (χ1n) is 10.6. The van der Waals surface area contributed by atoms with Crippen LogP contribution in [-0.4, -0.2) is 32.6 Å². The predicted molar refractivity (Wildman–Crippen MR) is 116 cm³/mol. The molecule has 1 aliphatic carbocycles. The van der Waals surface area contributed by atoms with Crippen molar-refractivity contribution < 1.29 is 9.18 Å². The minimum absolute atomic E-state index is 0.101. The van der Waals surface area contributed by atoms with Gasteiger partial charge in [0.1, 0.15) is 18.1 Å². The Balaban J connectivity index is 1.79. The van der Waals surface area contributed by atoms with E-state index in [4.69, 9.17) is 5.26 Å². The molecule has 1 aliphatic rings. The molecule has 1 atom stereocenters. The van der Waals surface area contributed by atoms with Gasteiger partial charge in [0.2, 0.25) is 0 Å². The van der Waals surface area contributed by atoms with E-state index in [-0.39, 0.29) is 18.1 Å². The molecule has 32 heavy (non-hydrogen) atoms. The van der Waals surface area contributed by atoms with Crippen LogP contribution in [0, 0.1) is 24.1 Å². The average molecular weight is 430 g/mol. The quantitative estimate of drug-likeness (QED) is 0.620. The maximum atomic E-state index is 14.5. The van der Waals surface area contributed by atoms with Crippen LogP contribution in [0.3, 0.4) is 0 Å². The molecule has 7 nitrogen and oxygen atoms in total. The van der Waals surface area contributed by atoms with Crippen LogP contribution in [0.25, 0.3) is 11.3 Å². The van der Waals surface area contributed by atoms with Gasteiger partial charge in [-0.1, -0.05) is 19.1 Å². The minimum atomic E-state index is -0.540. The molecule has 0 bridgehead atoms. The highest BCUT2D eigenvalue weighted by molar-refractivity contribution is 5.92. The second-order valence-electron chi connectivity index (χ2n) is 7.95. The molecule has 1 N–H and O–H groups in total. The zero-order chi connectivity index (χ0) is 22.7. The van der Waals surface area contributed by atoms with Crippen molar-refractivity contribution in [1.29, 1.82) is 5.26 Å². The summed E-state index contributed by atoms with van der Waals surface area (Å²) in [7, 11) is 0. The lowest BCUT2D eigenvalue weighted by atomic mass is 9.69. The van der Waals surface area contributed by atoms with E-state index in [2.05, 4.69) is 32.4 Å². The number of fused-ring (bicyclic) bond motifs is 1. The maximum absolute atomic E-state index is 14.5. The first kappa shape index (κ1) is 21.5. The Hall–Kier alpha value is -3.73. The van der Waals surface area contributed by atoms with Gasteiger partial charge in [0.05, 0.1) is 34.8 Å². The first-order valence-corrected chi connectivity index (χ1v) is 10.6. The zero-order valence-corrected chi connectivity index (χ0v) is 18.0. The third-order valence-corrected chi connectivity index (χ3v) is 6.14. The van der Waals surface area contributed by atoms with Gasteiger partial charge < -0.3 is 5.32 Å². The van der Waals surface area contributed by atoms with Crippen LogP contribution in [0.15, 0.2) is 36.7 Å². The van der Waals surface area contributed by atoms with Gasteiger partial charge in [-0.3, -0.25) is 9.78 Å². The number of aromatic nitrogens is 4. The Kier molecular flexibility index (Phi) is 5.91. The molecule has 0 radical (unpaired) electrons. The van der Waals surface area contributed by atoms with Crippen molar-refractivity contribution in [2.24, 2.45) is 0 Å². The topological polar surface area (TPSA) is 104 Å². The molecule has 3 aromatic rings. The second kappa shape index (κ2) is 8.79. The molecular weight excluding hydrogens is 407 g/mol. The van der Waals surface area contributed by atoms with E-state index in [1.165, 1.54) is 12.3 Å². The minimum Gasteiger partial charge on any atom is -0.338 e. The van der Waals surface area contributed by atoms with Crippen LogP contribution in [0.1, 0.15) is 59.2 Å². The summed E-state index contributed by atoms with van der Waals surface area (Å²) in [5.74, 6) is -0.765. The standard InChI is InChI=1S/C24H23FN6O/c1-3-24(20-14-27-13-19(29-20)23(32)28-11-10-26)9-5-7-16-12-18(30-31-22(16)24)21-15(2)6-4-8-17(21)25/h4,6,8,12-14H,3,5,7,9,11H2,1-2H3,(H,28,32)/t24-/m1/s1. The summed E-state index contributed by atoms with van der Waals surface area (Å²) in [6.07, 6.45) is 6.25. The van der Waals surface area contributed by atoms with E-state index in [0.29, 0.717) is 23.4 Å². The third-order valence-electron chi connectivity index (χ3n) is 6.14. The van der Waals surface area contributed by atoms with Gasteiger partial charge in [-0.2, -0.15) is 15.5 Å². The van der Waals surface area contributed by atoms with Crippen molar-refractivity contribution >= 4 is 5.91 Å². The maximum Gasteiger partial charge on any atom is 0.272 e. The second-order valence-corrected chi connectivity index (χ2v) is 7.95. The van der Waals surface area contributed by atoms with Gasteiger partial charge in [0.25, 0.3) is 5.91 Å². The van der Waals surface area contributed by atoms with E-state index >= 15 is 0 Å². The number of halogens is 1. The van der Waals surface area contributed by atoms with Crippen LogP contribution in [-0.2, 0) is 11.8 Å². The number of benzene rings is 1. The summed E-state index contributed by atoms with van der Waals surface area (Å²) < 4.78 is 14.5. The fraction of sp³-hybridized carbons (Fsp3) is 0.333. The molecule has 1 aromatic carbocycles. The summed E-state index contributed by atoms with van der Waals surface area (Å²) in [4.78, 5) is 21.1. The molecule has 4 rings (SSSR count). The molecule has 8 heteroatoms. The van der Waals surface area contributed by atoms with Gasteiger partial charge in [-0.15, -0.1) is 0 Å². The van der Waals surface area contributed by atoms with Crippen molar-refractivity contribution in [2.45, 2.75) is 44.9 Å². The summed E-state index contributed by atoms with van der Waals surface area (Å²) in [5, 5.41) is 20.2. The highest BCUT2D eigenvalue weighted by atomic mass is 19.1. The number of nitrogens with one attached hydrogen (secondary N) is 1. The zero-order valence-electron chi connectivity index (χ0n) is 18.0. The van der Waals surface area contributed by atoms with E-state index in [1.807, 2.05) is 25.1 Å². The van der Waals surface area contributed by atoms with Crippen LogP contribution >= 0.6 is 0 Å². The average Bonchev–Trinajstić information content (AvgIpc) is 2.82. The molecule has 1 amide bonds.